The molecule has 0 fully saturated rings. The van der Waals surface area contributed by atoms with Crippen molar-refractivity contribution in [3.05, 3.63) is 0 Å². The highest BCUT2D eigenvalue weighted by atomic mass is 16.5. The topological polar surface area (TPSA) is 147 Å². The van der Waals surface area contributed by atoms with Gasteiger partial charge in [-0.25, -0.2) is 0 Å². The van der Waals surface area contributed by atoms with Crippen LogP contribution in [0.1, 0.15) is 96.8 Å². The smallest absolute Gasteiger partial charge is 0.323 e. The summed E-state index contributed by atoms with van der Waals surface area (Å²) in [6, 6.07) is 0.278. The van der Waals surface area contributed by atoms with Crippen molar-refractivity contribution in [2.45, 2.75) is 96.8 Å². The lowest BCUT2D eigenvalue weighted by Crippen LogP contribution is -2.13. The number of carboxylic acid groups (broad SMARTS) is 2. The van der Waals surface area contributed by atoms with Gasteiger partial charge in [0.2, 0.25) is 11.9 Å². The summed E-state index contributed by atoms with van der Waals surface area (Å²) in [6.45, 7) is 4.02. The van der Waals surface area contributed by atoms with Gasteiger partial charge in [-0.15, -0.1) is 0 Å². The number of aromatic nitrogens is 3. The van der Waals surface area contributed by atoms with E-state index in [0.717, 1.165) is 38.5 Å². The average Bonchev–Trinajstić information content (AvgIpc) is 2.77. The maximum Gasteiger partial charge on any atom is 0.323 e. The summed E-state index contributed by atoms with van der Waals surface area (Å²) in [7, 11) is 0. The largest absolute Gasteiger partial charge is 0.481 e. The minimum Gasteiger partial charge on any atom is -0.481 e. The summed E-state index contributed by atoms with van der Waals surface area (Å²) in [4.78, 5) is 34.3. The van der Waals surface area contributed by atoms with Gasteiger partial charge in [-0.3, -0.25) is 9.59 Å². The molecular weight excluding hydrogens is 426 g/mol. The Kier molecular flexibility index (Phi) is 16.2. The van der Waals surface area contributed by atoms with Crippen LogP contribution >= 0.6 is 0 Å². The first-order valence-electron chi connectivity index (χ1n) is 12.3. The molecule has 1 rings (SSSR count). The Hall–Kier alpha value is -2.65. The number of nitrogens with zero attached hydrogens (tertiary/aromatic N) is 3. The molecular formula is C23H41N5O5. The van der Waals surface area contributed by atoms with Crippen molar-refractivity contribution in [3.63, 3.8) is 0 Å². The fourth-order valence-corrected chi connectivity index (χ4v) is 3.18. The molecule has 0 saturated heterocycles. The Morgan fingerprint density at radius 2 is 1.18 bits per heavy atom. The van der Waals surface area contributed by atoms with Gasteiger partial charge in [-0.2, -0.15) is 15.0 Å². The number of unbranched alkanes of at least 4 members (excludes halogenated alkanes) is 9. The quantitative estimate of drug-likeness (QED) is 0.176. The highest BCUT2D eigenvalue weighted by Gasteiger charge is 2.08. The van der Waals surface area contributed by atoms with E-state index >= 15 is 0 Å². The van der Waals surface area contributed by atoms with E-state index in [2.05, 4.69) is 32.5 Å². The predicted octanol–water partition coefficient (Wildman–Crippen LogP) is 4.72. The normalized spacial score (nSPS) is 10.7. The lowest BCUT2D eigenvalue weighted by atomic mass is 10.1. The molecule has 0 atom stereocenters. The molecule has 10 heteroatoms. The van der Waals surface area contributed by atoms with Crippen LogP contribution in [0.3, 0.4) is 0 Å². The SMILES string of the molecule is CCCCCCCCOc1nc(NCCCCCC(=O)O)nc(NCCCCCC(=O)O)n1. The second kappa shape index (κ2) is 18.9. The van der Waals surface area contributed by atoms with Gasteiger partial charge in [-0.1, -0.05) is 51.9 Å². The average molecular weight is 468 g/mol. The van der Waals surface area contributed by atoms with Crippen LogP contribution in [0.25, 0.3) is 0 Å². The highest BCUT2D eigenvalue weighted by Crippen LogP contribution is 2.13. The van der Waals surface area contributed by atoms with Crippen LogP contribution in [0.4, 0.5) is 11.9 Å². The second-order valence-electron chi connectivity index (χ2n) is 8.14. The zero-order valence-electron chi connectivity index (χ0n) is 20.0. The zero-order chi connectivity index (χ0) is 24.2. The van der Waals surface area contributed by atoms with E-state index in [1.807, 2.05) is 0 Å². The molecule has 1 heterocycles. The van der Waals surface area contributed by atoms with Crippen molar-refractivity contribution in [3.8, 4) is 6.01 Å². The minimum atomic E-state index is -0.772. The Morgan fingerprint density at radius 3 is 1.70 bits per heavy atom. The lowest BCUT2D eigenvalue weighted by Gasteiger charge is -2.11. The summed E-state index contributed by atoms with van der Waals surface area (Å²) in [5.41, 5.74) is 0. The molecule has 0 aliphatic heterocycles. The number of ether oxygens (including phenoxy) is 1. The molecule has 0 unspecified atom stereocenters. The second-order valence-corrected chi connectivity index (χ2v) is 8.14. The molecule has 0 aliphatic carbocycles. The first-order valence-corrected chi connectivity index (χ1v) is 12.3. The molecule has 188 valence electrons. The van der Waals surface area contributed by atoms with E-state index in [4.69, 9.17) is 14.9 Å². The molecule has 4 N–H and O–H groups in total. The first kappa shape index (κ1) is 28.4. The van der Waals surface area contributed by atoms with Crippen LogP contribution in [0, 0.1) is 0 Å². The van der Waals surface area contributed by atoms with Crippen molar-refractivity contribution >= 4 is 23.8 Å². The first-order chi connectivity index (χ1) is 16.0. The highest BCUT2D eigenvalue weighted by molar-refractivity contribution is 5.66. The van der Waals surface area contributed by atoms with Crippen LogP contribution in [-0.2, 0) is 9.59 Å². The van der Waals surface area contributed by atoms with Crippen LogP contribution < -0.4 is 15.4 Å². The van der Waals surface area contributed by atoms with Crippen LogP contribution in [0.15, 0.2) is 0 Å². The number of aliphatic carboxylic acids is 2. The van der Waals surface area contributed by atoms with Gasteiger partial charge < -0.3 is 25.6 Å². The molecule has 0 aromatic carbocycles. The summed E-state index contributed by atoms with van der Waals surface area (Å²) < 4.78 is 5.76. The third-order valence-electron chi connectivity index (χ3n) is 5.05. The van der Waals surface area contributed by atoms with Crippen LogP contribution in [0.5, 0.6) is 6.01 Å². The Labute approximate surface area is 197 Å². The third kappa shape index (κ3) is 16.6. The number of rotatable bonds is 22. The van der Waals surface area contributed by atoms with E-state index in [1.165, 1.54) is 25.7 Å². The molecule has 10 nitrogen and oxygen atoms in total. The summed E-state index contributed by atoms with van der Waals surface area (Å²) in [6.07, 6.45) is 12.0. The van der Waals surface area contributed by atoms with Gasteiger partial charge in [0.25, 0.3) is 0 Å². The maximum atomic E-state index is 10.6. The third-order valence-corrected chi connectivity index (χ3v) is 5.05. The van der Waals surface area contributed by atoms with Gasteiger partial charge in [0, 0.05) is 25.9 Å². The van der Waals surface area contributed by atoms with E-state index in [9.17, 15) is 9.59 Å². The fraction of sp³-hybridized carbons (Fsp3) is 0.783. The van der Waals surface area contributed by atoms with Crippen LogP contribution in [-0.4, -0.2) is 56.8 Å². The Morgan fingerprint density at radius 1 is 0.697 bits per heavy atom. The van der Waals surface area contributed by atoms with Crippen molar-refractivity contribution in [2.75, 3.05) is 30.3 Å². The molecule has 0 spiro atoms. The van der Waals surface area contributed by atoms with Crippen molar-refractivity contribution in [1.29, 1.82) is 0 Å². The fourth-order valence-electron chi connectivity index (χ4n) is 3.18. The maximum absolute atomic E-state index is 10.6. The molecule has 1 aromatic heterocycles. The van der Waals surface area contributed by atoms with E-state index < -0.39 is 11.9 Å². The number of hydrogen-bond donors (Lipinski definition) is 4. The zero-order valence-corrected chi connectivity index (χ0v) is 20.0. The van der Waals surface area contributed by atoms with Gasteiger partial charge >= 0.3 is 17.9 Å². The molecule has 0 aliphatic rings. The summed E-state index contributed by atoms with van der Waals surface area (Å²) in [5.74, 6) is -0.693. The van der Waals surface area contributed by atoms with Gasteiger partial charge in [0.05, 0.1) is 6.61 Å². The number of nitrogens with one attached hydrogen (secondary N) is 2. The molecule has 0 amide bonds. The number of carboxylic acids is 2. The van der Waals surface area contributed by atoms with Gasteiger partial charge in [0.15, 0.2) is 0 Å². The van der Waals surface area contributed by atoms with E-state index in [0.29, 0.717) is 44.4 Å². The minimum absolute atomic E-state index is 0.183. The van der Waals surface area contributed by atoms with Gasteiger partial charge in [-0.05, 0) is 32.1 Å². The molecule has 1 aromatic rings. The summed E-state index contributed by atoms with van der Waals surface area (Å²) >= 11 is 0. The number of anilines is 2. The Balaban J connectivity index is 2.48. The van der Waals surface area contributed by atoms with E-state index in [-0.39, 0.29) is 18.9 Å². The predicted molar refractivity (Wildman–Crippen MR) is 128 cm³/mol. The number of carbonyl (C=O) groups is 2. The molecule has 33 heavy (non-hydrogen) atoms. The van der Waals surface area contributed by atoms with Crippen LogP contribution in [0.2, 0.25) is 0 Å². The van der Waals surface area contributed by atoms with Crippen molar-refractivity contribution in [1.82, 2.24) is 15.0 Å². The standard InChI is InChI=1S/C23H41N5O5/c1-2-3-4-5-6-13-18-33-23-27-21(24-16-11-7-9-14-19(29)30)26-22(28-23)25-17-12-8-10-15-20(31)32/h2-18H2,1H3,(H,29,30)(H,31,32)(H2,24,25,26,27,28). The van der Waals surface area contributed by atoms with E-state index in [1.54, 1.807) is 0 Å². The lowest BCUT2D eigenvalue weighted by molar-refractivity contribution is -0.138. The molecule has 0 radical (unpaired) electrons. The van der Waals surface area contributed by atoms with Crippen molar-refractivity contribution < 1.29 is 24.5 Å². The molecule has 0 saturated carbocycles. The van der Waals surface area contributed by atoms with Crippen molar-refractivity contribution in [2.24, 2.45) is 0 Å². The Bertz CT molecular complexity index is 630. The summed E-state index contributed by atoms with van der Waals surface area (Å²) in [5, 5.41) is 23.7. The van der Waals surface area contributed by atoms with Gasteiger partial charge in [0.1, 0.15) is 0 Å². The molecule has 0 bridgehead atoms. The number of hydrogen-bond acceptors (Lipinski definition) is 8. The monoisotopic (exact) mass is 467 g/mol.